The summed E-state index contributed by atoms with van der Waals surface area (Å²) >= 11 is 0. The zero-order chi connectivity index (χ0) is 19.4. The summed E-state index contributed by atoms with van der Waals surface area (Å²) in [5.41, 5.74) is 1.25. The predicted molar refractivity (Wildman–Crippen MR) is 94.4 cm³/mol. The van der Waals surface area contributed by atoms with E-state index >= 15 is 0 Å². The van der Waals surface area contributed by atoms with Crippen molar-refractivity contribution in [1.82, 2.24) is 0 Å². The fraction of sp³-hybridized carbons (Fsp3) is 0.421. The Morgan fingerprint density at radius 2 is 1.88 bits per heavy atom. The highest BCUT2D eigenvalue weighted by Gasteiger charge is 2.20. The Bertz CT molecular complexity index is 895. The highest BCUT2D eigenvalue weighted by molar-refractivity contribution is 5.87. The highest BCUT2D eigenvalue weighted by Crippen LogP contribution is 2.30. The van der Waals surface area contributed by atoms with Crippen LogP contribution < -0.4 is 10.4 Å². The molecule has 0 bridgehead atoms. The van der Waals surface area contributed by atoms with Crippen LogP contribution in [-0.2, 0) is 25.5 Å². The topological polar surface area (TPSA) is 92.0 Å². The standard InChI is InChI=1S/C19H22O7/c1-6-24-18(21)12(4)25-15-8-7-13-10(2)14(9-16(20)23-5)19(22)26-17(13)11(15)3/h7-8,12H,6,9H2,1-5H3/t12-/m1/s1. The van der Waals surface area contributed by atoms with Gasteiger partial charge in [-0.3, -0.25) is 4.79 Å². The molecule has 0 aliphatic carbocycles. The maximum Gasteiger partial charge on any atom is 0.347 e. The minimum absolute atomic E-state index is 0.155. The zero-order valence-corrected chi connectivity index (χ0v) is 15.5. The molecule has 140 valence electrons. The van der Waals surface area contributed by atoms with Crippen LogP contribution >= 0.6 is 0 Å². The Labute approximate surface area is 150 Å². The van der Waals surface area contributed by atoms with Crippen molar-refractivity contribution in [2.45, 2.75) is 40.2 Å². The lowest BCUT2D eigenvalue weighted by Crippen LogP contribution is -2.26. The van der Waals surface area contributed by atoms with E-state index in [-0.39, 0.29) is 18.6 Å². The molecule has 7 nitrogen and oxygen atoms in total. The van der Waals surface area contributed by atoms with Crippen molar-refractivity contribution >= 4 is 22.9 Å². The van der Waals surface area contributed by atoms with Gasteiger partial charge in [-0.25, -0.2) is 9.59 Å². The van der Waals surface area contributed by atoms with Gasteiger partial charge in [0.15, 0.2) is 6.10 Å². The van der Waals surface area contributed by atoms with Gasteiger partial charge >= 0.3 is 17.6 Å². The van der Waals surface area contributed by atoms with E-state index in [1.807, 2.05) is 0 Å². The minimum Gasteiger partial charge on any atom is -0.479 e. The molecule has 26 heavy (non-hydrogen) atoms. The summed E-state index contributed by atoms with van der Waals surface area (Å²) < 4.78 is 20.6. The summed E-state index contributed by atoms with van der Waals surface area (Å²) in [7, 11) is 1.26. The average Bonchev–Trinajstić information content (AvgIpc) is 2.61. The zero-order valence-electron chi connectivity index (χ0n) is 15.5. The van der Waals surface area contributed by atoms with Crippen molar-refractivity contribution in [2.75, 3.05) is 13.7 Å². The van der Waals surface area contributed by atoms with Crippen LogP contribution in [-0.4, -0.2) is 31.8 Å². The first-order valence-corrected chi connectivity index (χ1v) is 8.26. The maximum absolute atomic E-state index is 12.3. The Hall–Kier alpha value is -2.83. The molecular formula is C19H22O7. The third-order valence-corrected chi connectivity index (χ3v) is 4.13. The SMILES string of the molecule is CCOC(=O)[C@@H](C)Oc1ccc2c(C)c(CC(=O)OC)c(=O)oc2c1C. The van der Waals surface area contributed by atoms with Crippen molar-refractivity contribution in [1.29, 1.82) is 0 Å². The summed E-state index contributed by atoms with van der Waals surface area (Å²) in [6.07, 6.45) is -0.949. The number of methoxy groups -OCH3 is 1. The largest absolute Gasteiger partial charge is 0.479 e. The molecule has 7 heteroatoms. The van der Waals surface area contributed by atoms with Gasteiger partial charge < -0.3 is 18.6 Å². The molecule has 1 heterocycles. The molecule has 0 aliphatic heterocycles. The number of carbonyl (C=O) groups is 2. The van der Waals surface area contributed by atoms with Crippen molar-refractivity contribution in [3.63, 3.8) is 0 Å². The van der Waals surface area contributed by atoms with Gasteiger partial charge in [-0.15, -0.1) is 0 Å². The molecule has 0 fully saturated rings. The van der Waals surface area contributed by atoms with E-state index in [4.69, 9.17) is 13.9 Å². The van der Waals surface area contributed by atoms with Crippen molar-refractivity contribution in [3.05, 3.63) is 39.2 Å². The summed E-state index contributed by atoms with van der Waals surface area (Å²) in [4.78, 5) is 35.6. The number of rotatable bonds is 6. The Morgan fingerprint density at radius 3 is 2.50 bits per heavy atom. The van der Waals surface area contributed by atoms with Crippen LogP contribution in [0.15, 0.2) is 21.3 Å². The van der Waals surface area contributed by atoms with E-state index in [0.29, 0.717) is 27.8 Å². The van der Waals surface area contributed by atoms with Gasteiger partial charge in [0.05, 0.1) is 25.7 Å². The Kier molecular flexibility index (Phi) is 6.02. The summed E-state index contributed by atoms with van der Waals surface area (Å²) in [6, 6.07) is 3.43. The Balaban J connectivity index is 2.46. The summed E-state index contributed by atoms with van der Waals surface area (Å²) in [5, 5.41) is 0.692. The van der Waals surface area contributed by atoms with E-state index in [1.165, 1.54) is 7.11 Å². The summed E-state index contributed by atoms with van der Waals surface area (Å²) in [6.45, 7) is 7.05. The molecule has 0 aliphatic rings. The second kappa shape index (κ2) is 8.03. The van der Waals surface area contributed by atoms with E-state index in [0.717, 1.165) is 0 Å². The van der Waals surface area contributed by atoms with Crippen LogP contribution in [0.3, 0.4) is 0 Å². The lowest BCUT2D eigenvalue weighted by molar-refractivity contribution is -0.150. The van der Waals surface area contributed by atoms with E-state index in [1.54, 1.807) is 39.8 Å². The number of ether oxygens (including phenoxy) is 3. The number of carbonyl (C=O) groups excluding carboxylic acids is 2. The molecule has 0 saturated heterocycles. The van der Waals surface area contributed by atoms with E-state index < -0.39 is 23.7 Å². The van der Waals surface area contributed by atoms with E-state index in [2.05, 4.69) is 4.74 Å². The van der Waals surface area contributed by atoms with Crippen molar-refractivity contribution < 1.29 is 28.2 Å². The van der Waals surface area contributed by atoms with Crippen molar-refractivity contribution in [2.24, 2.45) is 0 Å². The molecule has 2 aromatic rings. The Morgan fingerprint density at radius 1 is 1.19 bits per heavy atom. The lowest BCUT2D eigenvalue weighted by atomic mass is 10.0. The van der Waals surface area contributed by atoms with Gasteiger partial charge in [0.1, 0.15) is 11.3 Å². The van der Waals surface area contributed by atoms with Crippen LogP contribution in [0.2, 0.25) is 0 Å². The first-order valence-electron chi connectivity index (χ1n) is 8.26. The van der Waals surface area contributed by atoms with Gasteiger partial charge in [-0.05, 0) is 45.4 Å². The first-order chi connectivity index (χ1) is 12.3. The third kappa shape index (κ3) is 3.87. The van der Waals surface area contributed by atoms with Gasteiger partial charge in [-0.1, -0.05) is 0 Å². The van der Waals surface area contributed by atoms with Gasteiger partial charge in [0.2, 0.25) is 0 Å². The molecule has 2 rings (SSSR count). The van der Waals surface area contributed by atoms with E-state index in [9.17, 15) is 14.4 Å². The number of hydrogen-bond donors (Lipinski definition) is 0. The monoisotopic (exact) mass is 362 g/mol. The first kappa shape index (κ1) is 19.5. The van der Waals surface area contributed by atoms with Crippen LogP contribution in [0.5, 0.6) is 5.75 Å². The molecule has 0 amide bonds. The minimum atomic E-state index is -0.794. The number of benzene rings is 1. The summed E-state index contributed by atoms with van der Waals surface area (Å²) in [5.74, 6) is -0.570. The second-order valence-electron chi connectivity index (χ2n) is 5.82. The molecule has 1 aromatic heterocycles. The molecule has 0 unspecified atom stereocenters. The molecule has 1 atom stereocenters. The highest BCUT2D eigenvalue weighted by atomic mass is 16.6. The van der Waals surface area contributed by atoms with Crippen molar-refractivity contribution in [3.8, 4) is 5.75 Å². The predicted octanol–water partition coefficient (Wildman–Crippen LogP) is 2.46. The third-order valence-electron chi connectivity index (χ3n) is 4.13. The van der Waals surface area contributed by atoms with Gasteiger partial charge in [0, 0.05) is 10.9 Å². The molecule has 0 N–H and O–H groups in total. The fourth-order valence-electron chi connectivity index (χ4n) is 2.62. The number of esters is 2. The average molecular weight is 362 g/mol. The van der Waals surface area contributed by atoms with Crippen LogP contribution in [0, 0.1) is 13.8 Å². The quantitative estimate of drug-likeness (QED) is 0.576. The number of fused-ring (bicyclic) bond motifs is 1. The van der Waals surface area contributed by atoms with Crippen LogP contribution in [0.4, 0.5) is 0 Å². The van der Waals surface area contributed by atoms with Crippen LogP contribution in [0.25, 0.3) is 11.0 Å². The maximum atomic E-state index is 12.3. The molecule has 0 spiro atoms. The van der Waals surface area contributed by atoms with Gasteiger partial charge in [-0.2, -0.15) is 0 Å². The molecule has 0 radical (unpaired) electrons. The molecule has 1 aromatic carbocycles. The smallest absolute Gasteiger partial charge is 0.347 e. The normalized spacial score (nSPS) is 11.9. The lowest BCUT2D eigenvalue weighted by Gasteiger charge is -2.16. The van der Waals surface area contributed by atoms with Gasteiger partial charge in [0.25, 0.3) is 0 Å². The number of aryl methyl sites for hydroxylation is 2. The fourth-order valence-corrected chi connectivity index (χ4v) is 2.62. The molecular weight excluding hydrogens is 340 g/mol. The number of hydrogen-bond acceptors (Lipinski definition) is 7. The van der Waals surface area contributed by atoms with Crippen LogP contribution in [0.1, 0.15) is 30.5 Å². The second-order valence-corrected chi connectivity index (χ2v) is 5.82. The molecule has 0 saturated carbocycles.